The van der Waals surface area contributed by atoms with Gasteiger partial charge < -0.3 is 19.5 Å². The monoisotopic (exact) mass is 450 g/mol. The minimum Gasteiger partial charge on any atom is -0.497 e. The van der Waals surface area contributed by atoms with Crippen molar-refractivity contribution in [1.82, 2.24) is 0 Å². The maximum absolute atomic E-state index is 13.5. The molecular weight excluding hydrogens is 428 g/mol. The van der Waals surface area contributed by atoms with E-state index in [1.165, 1.54) is 23.3 Å². The number of rotatable bonds is 8. The second-order valence-electron chi connectivity index (χ2n) is 6.79. The molecule has 0 saturated heterocycles. The van der Waals surface area contributed by atoms with Crippen LogP contribution in [0.5, 0.6) is 17.2 Å². The van der Waals surface area contributed by atoms with E-state index in [1.807, 2.05) is 24.4 Å². The van der Waals surface area contributed by atoms with Gasteiger partial charge in [0, 0.05) is 10.9 Å². The molecule has 164 valence electrons. The SMILES string of the molecule is CCOc1ccc(N2C(=O)C(Nc3ccc(OC)cc3OC)=C(c3cccs3)C2=O)cc1. The first-order chi connectivity index (χ1) is 15.6. The van der Waals surface area contributed by atoms with Crippen LogP contribution in [0.2, 0.25) is 0 Å². The molecule has 2 heterocycles. The molecular formula is C24H22N2O5S. The van der Waals surface area contributed by atoms with E-state index >= 15 is 0 Å². The van der Waals surface area contributed by atoms with Crippen LogP contribution in [-0.4, -0.2) is 32.6 Å². The number of hydrogen-bond donors (Lipinski definition) is 1. The Morgan fingerprint density at radius 1 is 0.938 bits per heavy atom. The van der Waals surface area contributed by atoms with Crippen molar-refractivity contribution in [3.63, 3.8) is 0 Å². The summed E-state index contributed by atoms with van der Waals surface area (Å²) in [5.41, 5.74) is 1.52. The third-order valence-corrected chi connectivity index (χ3v) is 5.81. The maximum atomic E-state index is 13.5. The highest BCUT2D eigenvalue weighted by Crippen LogP contribution is 2.38. The number of hydrogen-bond acceptors (Lipinski definition) is 7. The van der Waals surface area contributed by atoms with Gasteiger partial charge in [-0.3, -0.25) is 9.59 Å². The Morgan fingerprint density at radius 3 is 2.31 bits per heavy atom. The molecule has 0 atom stereocenters. The third-order valence-electron chi connectivity index (χ3n) is 4.93. The van der Waals surface area contributed by atoms with E-state index in [4.69, 9.17) is 14.2 Å². The zero-order valence-electron chi connectivity index (χ0n) is 17.9. The molecule has 2 amide bonds. The highest BCUT2D eigenvalue weighted by atomic mass is 32.1. The van der Waals surface area contributed by atoms with Gasteiger partial charge in [0.05, 0.1) is 37.8 Å². The summed E-state index contributed by atoms with van der Waals surface area (Å²) in [5, 5.41) is 5.00. The van der Waals surface area contributed by atoms with Gasteiger partial charge in [-0.05, 0) is 54.8 Å². The number of benzene rings is 2. The zero-order chi connectivity index (χ0) is 22.7. The van der Waals surface area contributed by atoms with E-state index in [2.05, 4.69) is 5.32 Å². The number of methoxy groups -OCH3 is 2. The van der Waals surface area contributed by atoms with Gasteiger partial charge in [-0.25, -0.2) is 4.90 Å². The van der Waals surface area contributed by atoms with Gasteiger partial charge in [0.25, 0.3) is 11.8 Å². The average Bonchev–Trinajstić information content (AvgIpc) is 3.41. The van der Waals surface area contributed by atoms with Crippen molar-refractivity contribution < 1.29 is 23.8 Å². The zero-order valence-corrected chi connectivity index (χ0v) is 18.7. The molecule has 7 nitrogen and oxygen atoms in total. The summed E-state index contributed by atoms with van der Waals surface area (Å²) < 4.78 is 16.2. The first-order valence-electron chi connectivity index (χ1n) is 9.96. The van der Waals surface area contributed by atoms with Gasteiger partial charge in [0.1, 0.15) is 22.9 Å². The van der Waals surface area contributed by atoms with Crippen molar-refractivity contribution >= 4 is 40.1 Å². The van der Waals surface area contributed by atoms with Crippen LogP contribution in [0, 0.1) is 0 Å². The number of amides is 2. The van der Waals surface area contributed by atoms with Crippen LogP contribution in [0.15, 0.2) is 65.7 Å². The molecule has 8 heteroatoms. The Morgan fingerprint density at radius 2 is 1.69 bits per heavy atom. The van der Waals surface area contributed by atoms with Crippen molar-refractivity contribution in [2.24, 2.45) is 0 Å². The molecule has 1 aliphatic rings. The summed E-state index contributed by atoms with van der Waals surface area (Å²) >= 11 is 1.39. The van der Waals surface area contributed by atoms with Crippen LogP contribution in [0.3, 0.4) is 0 Å². The van der Waals surface area contributed by atoms with E-state index in [9.17, 15) is 9.59 Å². The number of ether oxygens (including phenoxy) is 3. The Bertz CT molecular complexity index is 1170. The fraction of sp³-hybridized carbons (Fsp3) is 0.167. The van der Waals surface area contributed by atoms with Gasteiger partial charge in [-0.15, -0.1) is 11.3 Å². The van der Waals surface area contributed by atoms with Crippen LogP contribution < -0.4 is 24.4 Å². The minimum absolute atomic E-state index is 0.190. The normalized spacial score (nSPS) is 13.5. The third kappa shape index (κ3) is 3.92. The van der Waals surface area contributed by atoms with E-state index in [-0.39, 0.29) is 5.70 Å². The summed E-state index contributed by atoms with van der Waals surface area (Å²) in [5.74, 6) is 0.937. The number of nitrogens with one attached hydrogen (secondary N) is 1. The lowest BCUT2D eigenvalue weighted by Gasteiger charge is -2.16. The molecule has 0 spiro atoms. The van der Waals surface area contributed by atoms with E-state index in [0.29, 0.717) is 45.7 Å². The van der Waals surface area contributed by atoms with Crippen LogP contribution in [0.1, 0.15) is 11.8 Å². The molecule has 1 aromatic heterocycles. The van der Waals surface area contributed by atoms with Crippen molar-refractivity contribution in [2.45, 2.75) is 6.92 Å². The molecule has 2 aromatic carbocycles. The molecule has 3 aromatic rings. The molecule has 0 saturated carbocycles. The Hall–Kier alpha value is -3.78. The number of anilines is 2. The fourth-order valence-electron chi connectivity index (χ4n) is 3.42. The lowest BCUT2D eigenvalue weighted by atomic mass is 10.1. The molecule has 0 bridgehead atoms. The fourth-order valence-corrected chi connectivity index (χ4v) is 4.19. The van der Waals surface area contributed by atoms with Crippen molar-refractivity contribution in [3.05, 3.63) is 70.6 Å². The average molecular weight is 451 g/mol. The van der Waals surface area contributed by atoms with Gasteiger partial charge in [0.2, 0.25) is 0 Å². The minimum atomic E-state index is -0.444. The maximum Gasteiger partial charge on any atom is 0.282 e. The van der Waals surface area contributed by atoms with Crippen LogP contribution >= 0.6 is 11.3 Å². The highest BCUT2D eigenvalue weighted by molar-refractivity contribution is 7.11. The summed E-state index contributed by atoms with van der Waals surface area (Å²) in [6, 6.07) is 15.7. The van der Waals surface area contributed by atoms with Crippen LogP contribution in [0.25, 0.3) is 5.57 Å². The van der Waals surface area contributed by atoms with Crippen LogP contribution in [0.4, 0.5) is 11.4 Å². The van der Waals surface area contributed by atoms with Crippen molar-refractivity contribution in [3.8, 4) is 17.2 Å². The largest absolute Gasteiger partial charge is 0.497 e. The highest BCUT2D eigenvalue weighted by Gasteiger charge is 2.41. The van der Waals surface area contributed by atoms with E-state index in [0.717, 1.165) is 0 Å². The lowest BCUT2D eigenvalue weighted by Crippen LogP contribution is -2.32. The van der Waals surface area contributed by atoms with Gasteiger partial charge in [-0.1, -0.05) is 6.07 Å². The first kappa shape index (κ1) is 21.5. The molecule has 0 fully saturated rings. The number of thiophene rings is 1. The molecule has 32 heavy (non-hydrogen) atoms. The summed E-state index contributed by atoms with van der Waals surface area (Å²) in [4.78, 5) is 28.7. The Balaban J connectivity index is 1.74. The first-order valence-corrected chi connectivity index (χ1v) is 10.8. The topological polar surface area (TPSA) is 77.1 Å². The summed E-state index contributed by atoms with van der Waals surface area (Å²) in [6.45, 7) is 2.42. The Kier molecular flexibility index (Phi) is 6.13. The van der Waals surface area contributed by atoms with Crippen LogP contribution in [-0.2, 0) is 9.59 Å². The number of carbonyl (C=O) groups excluding carboxylic acids is 2. The quantitative estimate of drug-likeness (QED) is 0.507. The van der Waals surface area contributed by atoms with Gasteiger partial charge in [-0.2, -0.15) is 0 Å². The summed E-state index contributed by atoms with van der Waals surface area (Å²) in [6.07, 6.45) is 0. The number of nitrogens with zero attached hydrogens (tertiary/aromatic N) is 1. The molecule has 0 radical (unpaired) electrons. The van der Waals surface area contributed by atoms with Crippen molar-refractivity contribution in [2.75, 3.05) is 31.0 Å². The van der Waals surface area contributed by atoms with Crippen molar-refractivity contribution in [1.29, 1.82) is 0 Å². The molecule has 0 aliphatic carbocycles. The van der Waals surface area contributed by atoms with Gasteiger partial charge >= 0.3 is 0 Å². The van der Waals surface area contributed by atoms with Gasteiger partial charge in [0.15, 0.2) is 0 Å². The smallest absolute Gasteiger partial charge is 0.282 e. The number of carbonyl (C=O) groups is 2. The second-order valence-corrected chi connectivity index (χ2v) is 7.74. The second kappa shape index (κ2) is 9.15. The van der Waals surface area contributed by atoms with E-state index < -0.39 is 11.8 Å². The number of imide groups is 1. The predicted octanol–water partition coefficient (Wildman–Crippen LogP) is 4.56. The predicted molar refractivity (Wildman–Crippen MR) is 125 cm³/mol. The lowest BCUT2D eigenvalue weighted by molar-refractivity contribution is -0.120. The molecule has 4 rings (SSSR count). The molecule has 0 unspecified atom stereocenters. The standard InChI is InChI=1S/C24H22N2O5S/c1-4-31-16-9-7-15(8-10-16)26-23(27)21(20-6-5-13-32-20)22(24(26)28)25-18-12-11-17(29-2)14-19(18)30-3/h5-14,25H,4H2,1-3H3. The molecule has 1 N–H and O–H groups in total. The Labute approximate surface area is 189 Å². The van der Waals surface area contributed by atoms with E-state index in [1.54, 1.807) is 49.6 Å². The summed E-state index contributed by atoms with van der Waals surface area (Å²) in [7, 11) is 3.09. The molecule has 1 aliphatic heterocycles.